The van der Waals surface area contributed by atoms with Crippen LogP contribution in [0.25, 0.3) is 10.8 Å². The van der Waals surface area contributed by atoms with Crippen LogP contribution in [0.2, 0.25) is 0 Å². The van der Waals surface area contributed by atoms with Gasteiger partial charge in [-0.2, -0.15) is 13.2 Å². The van der Waals surface area contributed by atoms with E-state index in [2.05, 4.69) is 5.32 Å². The zero-order chi connectivity index (χ0) is 26.7. The van der Waals surface area contributed by atoms with Gasteiger partial charge < -0.3 is 15.2 Å². The number of hydrogen-bond donors (Lipinski definition) is 2. The Balaban J connectivity index is 1.90. The molecule has 0 unspecified atom stereocenters. The van der Waals surface area contributed by atoms with Crippen molar-refractivity contribution in [2.24, 2.45) is 5.41 Å². The number of nitrogens with one attached hydrogen (secondary N) is 1. The molecule has 1 amide bonds. The highest BCUT2D eigenvalue weighted by molar-refractivity contribution is 8.00. The van der Waals surface area contributed by atoms with Crippen molar-refractivity contribution in [1.29, 1.82) is 0 Å². The second kappa shape index (κ2) is 10.8. The molecule has 0 saturated carbocycles. The largest absolute Gasteiger partial charge is 0.487 e. The maximum atomic E-state index is 13.8. The first kappa shape index (κ1) is 27.3. The van der Waals surface area contributed by atoms with Gasteiger partial charge in [0.25, 0.3) is 5.91 Å². The summed E-state index contributed by atoms with van der Waals surface area (Å²) in [4.78, 5) is 24.9. The Morgan fingerprint density at radius 3 is 2.28 bits per heavy atom. The second-order valence-electron chi connectivity index (χ2n) is 9.42. The Bertz CT molecular complexity index is 1250. The maximum Gasteiger partial charge on any atom is 0.446 e. The van der Waals surface area contributed by atoms with Crippen LogP contribution in [0.5, 0.6) is 5.75 Å². The number of hydrogen-bond acceptors (Lipinski definition) is 4. The molecular formula is C26H25F4NO4S. The van der Waals surface area contributed by atoms with Gasteiger partial charge in [-0.25, -0.2) is 9.18 Å². The molecule has 192 valence electrons. The predicted molar refractivity (Wildman–Crippen MR) is 130 cm³/mol. The third kappa shape index (κ3) is 7.61. The van der Waals surface area contributed by atoms with Gasteiger partial charge in [-0.05, 0) is 70.9 Å². The topological polar surface area (TPSA) is 75.6 Å². The van der Waals surface area contributed by atoms with Crippen LogP contribution in [0.1, 0.15) is 43.1 Å². The number of halogens is 4. The first-order valence-electron chi connectivity index (χ1n) is 11.0. The SMILES string of the molecule is CC(C)(C)C[C@H](NC(=O)c1ccc2cc(F)ccc2c1OCc1ccc(SC(F)(F)F)cc1)C(=O)O. The molecule has 3 aromatic rings. The van der Waals surface area contributed by atoms with Crippen LogP contribution in [0.4, 0.5) is 17.6 Å². The minimum atomic E-state index is -4.40. The van der Waals surface area contributed by atoms with Gasteiger partial charge >= 0.3 is 11.5 Å². The van der Waals surface area contributed by atoms with Gasteiger partial charge in [0.15, 0.2) is 0 Å². The fourth-order valence-electron chi connectivity index (χ4n) is 3.60. The molecule has 1 atom stereocenters. The highest BCUT2D eigenvalue weighted by Crippen LogP contribution is 2.37. The van der Waals surface area contributed by atoms with Gasteiger partial charge in [0.1, 0.15) is 24.2 Å². The Hall–Kier alpha value is -3.27. The van der Waals surface area contributed by atoms with Crippen LogP contribution in [0, 0.1) is 11.2 Å². The quantitative estimate of drug-likeness (QED) is 0.251. The summed E-state index contributed by atoms with van der Waals surface area (Å²) in [7, 11) is 0. The lowest BCUT2D eigenvalue weighted by Gasteiger charge is -2.24. The summed E-state index contributed by atoms with van der Waals surface area (Å²) in [5.41, 5.74) is -4.17. The molecule has 0 saturated heterocycles. The van der Waals surface area contributed by atoms with E-state index in [-0.39, 0.29) is 46.4 Å². The van der Waals surface area contributed by atoms with Gasteiger partial charge in [-0.3, -0.25) is 4.79 Å². The summed E-state index contributed by atoms with van der Waals surface area (Å²) in [6.07, 6.45) is 0.186. The number of thioether (sulfide) groups is 1. The van der Waals surface area contributed by atoms with E-state index in [9.17, 15) is 32.3 Å². The minimum Gasteiger partial charge on any atom is -0.487 e. The molecule has 0 heterocycles. The Morgan fingerprint density at radius 1 is 1.03 bits per heavy atom. The minimum absolute atomic E-state index is 0.0190. The van der Waals surface area contributed by atoms with E-state index in [1.807, 2.05) is 20.8 Å². The number of carbonyl (C=O) groups excluding carboxylic acids is 1. The van der Waals surface area contributed by atoms with E-state index in [1.165, 1.54) is 54.6 Å². The number of carbonyl (C=O) groups is 2. The molecule has 0 aliphatic rings. The van der Waals surface area contributed by atoms with Crippen molar-refractivity contribution in [3.8, 4) is 5.75 Å². The van der Waals surface area contributed by atoms with E-state index in [0.717, 1.165) is 0 Å². The summed E-state index contributed by atoms with van der Waals surface area (Å²) >= 11 is -0.232. The predicted octanol–water partition coefficient (Wildman–Crippen LogP) is 6.79. The highest BCUT2D eigenvalue weighted by atomic mass is 32.2. The molecule has 0 spiro atoms. The third-order valence-corrected chi connectivity index (χ3v) is 5.88. The van der Waals surface area contributed by atoms with Gasteiger partial charge in [0, 0.05) is 10.3 Å². The van der Waals surface area contributed by atoms with E-state index >= 15 is 0 Å². The summed E-state index contributed by atoms with van der Waals surface area (Å²) < 4.78 is 57.4. The van der Waals surface area contributed by atoms with Crippen molar-refractivity contribution in [3.05, 3.63) is 71.5 Å². The monoisotopic (exact) mass is 523 g/mol. The fraction of sp³-hybridized carbons (Fsp3) is 0.308. The van der Waals surface area contributed by atoms with Crippen molar-refractivity contribution in [3.63, 3.8) is 0 Å². The van der Waals surface area contributed by atoms with Gasteiger partial charge in [-0.15, -0.1) is 0 Å². The molecular weight excluding hydrogens is 498 g/mol. The molecule has 0 radical (unpaired) electrons. The number of carboxylic acids is 1. The number of amides is 1. The van der Waals surface area contributed by atoms with Crippen molar-refractivity contribution < 1.29 is 37.0 Å². The van der Waals surface area contributed by atoms with Crippen LogP contribution in [0.15, 0.2) is 59.5 Å². The molecule has 36 heavy (non-hydrogen) atoms. The number of alkyl halides is 3. The molecule has 0 bridgehead atoms. The first-order valence-corrected chi connectivity index (χ1v) is 11.8. The van der Waals surface area contributed by atoms with Crippen molar-refractivity contribution in [2.45, 2.75) is 50.2 Å². The van der Waals surface area contributed by atoms with E-state index in [1.54, 1.807) is 0 Å². The maximum absolute atomic E-state index is 13.8. The van der Waals surface area contributed by atoms with Crippen LogP contribution in [-0.2, 0) is 11.4 Å². The van der Waals surface area contributed by atoms with Gasteiger partial charge in [0.2, 0.25) is 0 Å². The number of rotatable bonds is 8. The number of benzene rings is 3. The highest BCUT2D eigenvalue weighted by Gasteiger charge is 2.29. The first-order chi connectivity index (χ1) is 16.7. The lowest BCUT2D eigenvalue weighted by molar-refractivity contribution is -0.140. The zero-order valence-corrected chi connectivity index (χ0v) is 20.6. The fourth-order valence-corrected chi connectivity index (χ4v) is 4.14. The summed E-state index contributed by atoms with van der Waals surface area (Å²) in [6, 6.07) is 11.3. The van der Waals surface area contributed by atoms with Gasteiger partial charge in [-0.1, -0.05) is 39.0 Å². The molecule has 5 nitrogen and oxygen atoms in total. The van der Waals surface area contributed by atoms with Crippen LogP contribution < -0.4 is 10.1 Å². The van der Waals surface area contributed by atoms with E-state index < -0.39 is 29.2 Å². The van der Waals surface area contributed by atoms with Crippen LogP contribution in [0.3, 0.4) is 0 Å². The average Bonchev–Trinajstić information content (AvgIpc) is 2.75. The Labute approximate surface area is 209 Å². The third-order valence-electron chi connectivity index (χ3n) is 5.14. The molecule has 0 aliphatic heterocycles. The number of ether oxygens (including phenoxy) is 1. The van der Waals surface area contributed by atoms with Crippen molar-refractivity contribution >= 4 is 34.4 Å². The molecule has 0 fully saturated rings. The summed E-state index contributed by atoms with van der Waals surface area (Å²) in [6.45, 7) is 5.48. The van der Waals surface area contributed by atoms with Gasteiger partial charge in [0.05, 0.1) is 5.56 Å². The Kier molecular flexibility index (Phi) is 8.18. The smallest absolute Gasteiger partial charge is 0.446 e. The molecule has 0 aromatic heterocycles. The van der Waals surface area contributed by atoms with Crippen molar-refractivity contribution in [1.82, 2.24) is 5.32 Å². The van der Waals surface area contributed by atoms with Crippen LogP contribution in [-0.4, -0.2) is 28.5 Å². The molecule has 0 aliphatic carbocycles. The van der Waals surface area contributed by atoms with Crippen LogP contribution >= 0.6 is 11.8 Å². The normalized spacial score (nSPS) is 12.9. The van der Waals surface area contributed by atoms with Crippen molar-refractivity contribution in [2.75, 3.05) is 0 Å². The standard InChI is InChI=1S/C26H25F4NO4S/c1-25(2,3)13-21(24(33)34)31-23(32)20-10-6-16-12-17(27)7-11-19(16)22(20)35-14-15-4-8-18(9-5-15)36-26(28,29)30/h4-12,21H,13-14H2,1-3H3,(H,31,32)(H,33,34)/t21-/m0/s1. The summed E-state index contributed by atoms with van der Waals surface area (Å²) in [5.74, 6) is -2.23. The molecule has 3 rings (SSSR count). The number of carboxylic acid groups (broad SMARTS) is 1. The lowest BCUT2D eigenvalue weighted by atomic mass is 9.88. The Morgan fingerprint density at radius 2 is 1.69 bits per heavy atom. The number of aliphatic carboxylic acids is 1. The summed E-state index contributed by atoms with van der Waals surface area (Å²) in [5, 5.41) is 13.0. The number of fused-ring (bicyclic) bond motifs is 1. The molecule has 3 aromatic carbocycles. The zero-order valence-electron chi connectivity index (χ0n) is 19.8. The van der Waals surface area contributed by atoms with E-state index in [0.29, 0.717) is 16.3 Å². The lowest BCUT2D eigenvalue weighted by Crippen LogP contribution is -2.43. The van der Waals surface area contributed by atoms with E-state index in [4.69, 9.17) is 4.74 Å². The molecule has 2 N–H and O–H groups in total. The molecule has 10 heteroatoms. The second-order valence-corrected chi connectivity index (χ2v) is 10.6. The average molecular weight is 524 g/mol.